The van der Waals surface area contributed by atoms with Crippen LogP contribution in [0.4, 0.5) is 0 Å². The van der Waals surface area contributed by atoms with Crippen LogP contribution in [0.5, 0.6) is 0 Å². The molecule has 1 aliphatic heterocycles. The number of ether oxygens (including phenoxy) is 2. The third kappa shape index (κ3) is 4.80. The van der Waals surface area contributed by atoms with Gasteiger partial charge in [-0.25, -0.2) is 0 Å². The molecule has 3 heteroatoms. The molecule has 0 unspecified atom stereocenters. The van der Waals surface area contributed by atoms with Crippen molar-refractivity contribution in [3.05, 3.63) is 35.3 Å². The number of aryl methyl sites for hydroxylation is 3. The van der Waals surface area contributed by atoms with Crippen molar-refractivity contribution in [2.75, 3.05) is 13.9 Å². The van der Waals surface area contributed by atoms with Crippen LogP contribution in [0.2, 0.25) is 0 Å². The van der Waals surface area contributed by atoms with Gasteiger partial charge in [0, 0.05) is 20.0 Å². The maximum absolute atomic E-state index is 5.96. The first-order chi connectivity index (χ1) is 9.79. The second-order valence-electron chi connectivity index (χ2n) is 5.50. The van der Waals surface area contributed by atoms with Crippen LogP contribution in [0.15, 0.2) is 22.6 Å². The van der Waals surface area contributed by atoms with Crippen molar-refractivity contribution in [1.82, 2.24) is 0 Å². The average molecular weight is 278 g/mol. The molecule has 0 N–H and O–H groups in total. The van der Waals surface area contributed by atoms with Crippen LogP contribution < -0.4 is 0 Å². The predicted molar refractivity (Wildman–Crippen MR) is 79.8 cm³/mol. The normalized spacial score (nSPS) is 21.0. The lowest BCUT2D eigenvalue weighted by Crippen LogP contribution is -2.12. The number of rotatable bonds is 3. The molecular formula is C17H26O3. The molecule has 2 bridgehead atoms. The molecule has 0 spiro atoms. The predicted octanol–water partition coefficient (Wildman–Crippen LogP) is 4.18. The molecular weight excluding hydrogens is 252 g/mol. The number of furan rings is 1. The van der Waals surface area contributed by atoms with Gasteiger partial charge in [-0.1, -0.05) is 12.2 Å². The molecule has 0 aliphatic carbocycles. The van der Waals surface area contributed by atoms with E-state index >= 15 is 0 Å². The first-order valence-electron chi connectivity index (χ1n) is 7.65. The van der Waals surface area contributed by atoms with E-state index < -0.39 is 0 Å². The van der Waals surface area contributed by atoms with Gasteiger partial charge in [0.25, 0.3) is 0 Å². The SMILES string of the molecule is COCO[C@@H]1C=CCCCCc2oc(cc2C)CCC1. The molecule has 0 saturated carbocycles. The summed E-state index contributed by atoms with van der Waals surface area (Å²) in [6.45, 7) is 2.51. The maximum atomic E-state index is 5.96. The Labute approximate surface area is 122 Å². The molecule has 1 atom stereocenters. The lowest BCUT2D eigenvalue weighted by molar-refractivity contribution is -0.0579. The summed E-state index contributed by atoms with van der Waals surface area (Å²) in [5.74, 6) is 2.29. The van der Waals surface area contributed by atoms with Crippen molar-refractivity contribution in [3.63, 3.8) is 0 Å². The molecule has 1 aliphatic rings. The zero-order valence-electron chi connectivity index (χ0n) is 12.7. The van der Waals surface area contributed by atoms with Crippen molar-refractivity contribution in [3.8, 4) is 0 Å². The molecule has 0 amide bonds. The monoisotopic (exact) mass is 278 g/mol. The average Bonchev–Trinajstić information content (AvgIpc) is 2.79. The first-order valence-corrected chi connectivity index (χ1v) is 7.65. The standard InChI is InChI=1S/C17H26O3/c1-14-12-16-10-7-9-15(19-13-18-2)8-5-3-4-6-11-17(14)20-16/h5,8,12,15H,3-4,6-7,9-11,13H2,1-2H3/t15-/m1/s1. The quantitative estimate of drug-likeness (QED) is 0.614. The summed E-state index contributed by atoms with van der Waals surface area (Å²) in [5, 5.41) is 0. The van der Waals surface area contributed by atoms with Crippen LogP contribution in [0, 0.1) is 6.92 Å². The number of allylic oxidation sites excluding steroid dienone is 1. The Bertz CT molecular complexity index is 420. The van der Waals surface area contributed by atoms with E-state index in [9.17, 15) is 0 Å². The van der Waals surface area contributed by atoms with E-state index in [1.807, 2.05) is 0 Å². The Balaban J connectivity index is 1.97. The first kappa shape index (κ1) is 15.3. The van der Waals surface area contributed by atoms with E-state index in [0.29, 0.717) is 6.79 Å². The van der Waals surface area contributed by atoms with Crippen LogP contribution >= 0.6 is 0 Å². The van der Waals surface area contributed by atoms with Crippen molar-refractivity contribution in [2.45, 2.75) is 58.0 Å². The van der Waals surface area contributed by atoms with Gasteiger partial charge in [-0.3, -0.25) is 0 Å². The molecule has 1 aromatic rings. The molecule has 112 valence electrons. The Kier molecular flexibility index (Phi) is 6.34. The zero-order chi connectivity index (χ0) is 14.2. The highest BCUT2D eigenvalue weighted by Crippen LogP contribution is 2.20. The zero-order valence-corrected chi connectivity index (χ0v) is 12.7. The Hall–Kier alpha value is -1.06. The Morgan fingerprint density at radius 1 is 1.25 bits per heavy atom. The summed E-state index contributed by atoms with van der Waals surface area (Å²) in [5.41, 5.74) is 1.31. The number of fused-ring (bicyclic) bond motifs is 2. The maximum Gasteiger partial charge on any atom is 0.147 e. The summed E-state index contributed by atoms with van der Waals surface area (Å²) in [4.78, 5) is 0. The van der Waals surface area contributed by atoms with Crippen molar-refractivity contribution >= 4 is 0 Å². The molecule has 0 aromatic carbocycles. The van der Waals surface area contributed by atoms with Gasteiger partial charge in [0.05, 0.1) is 6.10 Å². The third-order valence-corrected chi connectivity index (χ3v) is 3.76. The van der Waals surface area contributed by atoms with Gasteiger partial charge >= 0.3 is 0 Å². The van der Waals surface area contributed by atoms with Crippen molar-refractivity contribution < 1.29 is 13.9 Å². The minimum atomic E-state index is 0.159. The van der Waals surface area contributed by atoms with Gasteiger partial charge in [-0.2, -0.15) is 0 Å². The molecule has 3 nitrogen and oxygen atoms in total. The molecule has 1 aromatic heterocycles. The van der Waals surface area contributed by atoms with E-state index in [-0.39, 0.29) is 6.10 Å². The second-order valence-corrected chi connectivity index (χ2v) is 5.50. The van der Waals surface area contributed by atoms with Gasteiger partial charge < -0.3 is 13.9 Å². The number of hydrogen-bond acceptors (Lipinski definition) is 3. The van der Waals surface area contributed by atoms with Crippen molar-refractivity contribution in [1.29, 1.82) is 0 Å². The summed E-state index contributed by atoms with van der Waals surface area (Å²) in [7, 11) is 1.66. The van der Waals surface area contributed by atoms with Crippen LogP contribution in [-0.4, -0.2) is 20.0 Å². The highest BCUT2D eigenvalue weighted by Gasteiger charge is 2.10. The second kappa shape index (κ2) is 8.28. The van der Waals surface area contributed by atoms with Gasteiger partial charge in [-0.05, 0) is 50.7 Å². The fourth-order valence-electron chi connectivity index (χ4n) is 2.63. The number of methoxy groups -OCH3 is 1. The minimum absolute atomic E-state index is 0.159. The third-order valence-electron chi connectivity index (χ3n) is 3.76. The van der Waals surface area contributed by atoms with Gasteiger partial charge in [0.1, 0.15) is 18.3 Å². The van der Waals surface area contributed by atoms with Crippen LogP contribution in [0.1, 0.15) is 49.2 Å². The Morgan fingerprint density at radius 3 is 3.00 bits per heavy atom. The molecule has 20 heavy (non-hydrogen) atoms. The van der Waals surface area contributed by atoms with Gasteiger partial charge in [0.2, 0.25) is 0 Å². The fourth-order valence-corrected chi connectivity index (χ4v) is 2.63. The van der Waals surface area contributed by atoms with E-state index in [1.54, 1.807) is 7.11 Å². The molecule has 0 fully saturated rings. The molecule has 2 heterocycles. The highest BCUT2D eigenvalue weighted by atomic mass is 16.7. The van der Waals surface area contributed by atoms with Crippen LogP contribution in [-0.2, 0) is 22.3 Å². The minimum Gasteiger partial charge on any atom is -0.466 e. The fraction of sp³-hybridized carbons (Fsp3) is 0.647. The summed E-state index contributed by atoms with van der Waals surface area (Å²) < 4.78 is 16.6. The molecule has 2 rings (SSSR count). The van der Waals surface area contributed by atoms with E-state index in [0.717, 1.165) is 37.9 Å². The van der Waals surface area contributed by atoms with Gasteiger partial charge in [0.15, 0.2) is 0 Å². The van der Waals surface area contributed by atoms with Crippen LogP contribution in [0.25, 0.3) is 0 Å². The van der Waals surface area contributed by atoms with Crippen molar-refractivity contribution in [2.24, 2.45) is 0 Å². The smallest absolute Gasteiger partial charge is 0.147 e. The van der Waals surface area contributed by atoms with E-state index in [4.69, 9.17) is 13.9 Å². The Morgan fingerprint density at radius 2 is 2.15 bits per heavy atom. The lowest BCUT2D eigenvalue weighted by Gasteiger charge is -2.13. The number of hydrogen-bond donors (Lipinski definition) is 0. The topological polar surface area (TPSA) is 31.6 Å². The van der Waals surface area contributed by atoms with Crippen LogP contribution in [0.3, 0.4) is 0 Å². The summed E-state index contributed by atoms with van der Waals surface area (Å²) in [6, 6.07) is 2.20. The largest absolute Gasteiger partial charge is 0.466 e. The van der Waals surface area contributed by atoms with E-state index in [1.165, 1.54) is 24.2 Å². The lowest BCUT2D eigenvalue weighted by atomic mass is 10.1. The summed E-state index contributed by atoms with van der Waals surface area (Å²) >= 11 is 0. The highest BCUT2D eigenvalue weighted by molar-refractivity contribution is 5.20. The van der Waals surface area contributed by atoms with E-state index in [2.05, 4.69) is 25.1 Å². The molecule has 0 saturated heterocycles. The molecule has 0 radical (unpaired) electrons. The van der Waals surface area contributed by atoms with Gasteiger partial charge in [-0.15, -0.1) is 0 Å². The summed E-state index contributed by atoms with van der Waals surface area (Å²) in [6.07, 6.45) is 12.2.